The molecule has 0 aliphatic heterocycles. The highest BCUT2D eigenvalue weighted by molar-refractivity contribution is 9.10. The molecule has 0 saturated heterocycles. The maximum atomic E-state index is 8.58. The molecule has 0 atom stereocenters. The molecule has 4 heteroatoms. The summed E-state index contributed by atoms with van der Waals surface area (Å²) in [6.07, 6.45) is 3.98. The van der Waals surface area contributed by atoms with Gasteiger partial charge in [-0.2, -0.15) is 0 Å². The predicted molar refractivity (Wildman–Crippen MR) is 61.0 cm³/mol. The summed E-state index contributed by atoms with van der Waals surface area (Å²) in [4.78, 5) is 0. The lowest BCUT2D eigenvalue weighted by molar-refractivity contribution is 0.119. The predicted octanol–water partition coefficient (Wildman–Crippen LogP) is 2.86. The molecule has 82 valence electrons. The van der Waals surface area contributed by atoms with Gasteiger partial charge in [0.15, 0.2) is 0 Å². The molecule has 1 saturated carbocycles. The quantitative estimate of drug-likeness (QED) is 0.828. The molecular weight excluding hydrogens is 258 g/mol. The minimum Gasteiger partial charge on any atom is -0.489 e. The van der Waals surface area contributed by atoms with Crippen LogP contribution in [0.5, 0.6) is 5.75 Å². The van der Waals surface area contributed by atoms with Crippen LogP contribution in [0.25, 0.3) is 0 Å². The fourth-order valence-electron chi connectivity index (χ4n) is 1.51. The van der Waals surface area contributed by atoms with Gasteiger partial charge in [0, 0.05) is 6.54 Å². The van der Waals surface area contributed by atoms with Crippen LogP contribution in [0.2, 0.25) is 0 Å². The Balaban J connectivity index is 2.04. The Morgan fingerprint density at radius 1 is 1.47 bits per heavy atom. The van der Waals surface area contributed by atoms with Gasteiger partial charge in [-0.25, -0.2) is 5.48 Å². The van der Waals surface area contributed by atoms with E-state index in [9.17, 15) is 0 Å². The molecule has 1 fully saturated rings. The van der Waals surface area contributed by atoms with Gasteiger partial charge in [-0.05, 0) is 52.9 Å². The van der Waals surface area contributed by atoms with Crippen molar-refractivity contribution >= 4 is 15.9 Å². The molecule has 0 bridgehead atoms. The van der Waals surface area contributed by atoms with E-state index < -0.39 is 0 Å². The Labute approximate surface area is 97.5 Å². The Morgan fingerprint density at radius 3 is 2.80 bits per heavy atom. The number of halogens is 1. The summed E-state index contributed by atoms with van der Waals surface area (Å²) in [6.45, 7) is 0.447. The van der Waals surface area contributed by atoms with Gasteiger partial charge in [-0.1, -0.05) is 6.07 Å². The minimum atomic E-state index is 0.392. The Hall–Kier alpha value is -0.580. The van der Waals surface area contributed by atoms with Gasteiger partial charge in [0.1, 0.15) is 5.75 Å². The second kappa shape index (κ2) is 4.96. The summed E-state index contributed by atoms with van der Waals surface area (Å²) in [5.41, 5.74) is 3.15. The van der Waals surface area contributed by atoms with Crippen molar-refractivity contribution in [2.75, 3.05) is 0 Å². The first kappa shape index (κ1) is 10.9. The molecule has 15 heavy (non-hydrogen) atoms. The molecular formula is C11H14BrNO2. The summed E-state index contributed by atoms with van der Waals surface area (Å²) < 4.78 is 6.73. The molecule has 0 spiro atoms. The van der Waals surface area contributed by atoms with Crippen molar-refractivity contribution < 1.29 is 9.94 Å². The highest BCUT2D eigenvalue weighted by Crippen LogP contribution is 2.31. The zero-order valence-corrected chi connectivity index (χ0v) is 9.96. The van der Waals surface area contributed by atoms with Gasteiger partial charge in [-0.3, -0.25) is 0 Å². The number of rotatable bonds is 4. The maximum Gasteiger partial charge on any atom is 0.133 e. The number of benzene rings is 1. The number of ether oxygens (including phenoxy) is 1. The molecule has 0 radical (unpaired) electrons. The van der Waals surface area contributed by atoms with Crippen LogP contribution in [0.3, 0.4) is 0 Å². The molecule has 1 aliphatic rings. The maximum absolute atomic E-state index is 8.58. The fourth-order valence-corrected chi connectivity index (χ4v) is 2.03. The smallest absolute Gasteiger partial charge is 0.133 e. The molecule has 0 heterocycles. The van der Waals surface area contributed by atoms with E-state index in [1.54, 1.807) is 0 Å². The summed E-state index contributed by atoms with van der Waals surface area (Å²) in [6, 6.07) is 5.84. The minimum absolute atomic E-state index is 0.392. The SMILES string of the molecule is ONCc1ccc(OC2CCC2)c(Br)c1. The van der Waals surface area contributed by atoms with Crippen molar-refractivity contribution in [3.05, 3.63) is 28.2 Å². The van der Waals surface area contributed by atoms with E-state index in [4.69, 9.17) is 9.94 Å². The van der Waals surface area contributed by atoms with Gasteiger partial charge in [0.05, 0.1) is 10.6 Å². The number of hydrogen-bond donors (Lipinski definition) is 2. The Kier molecular flexibility index (Phi) is 3.61. The van der Waals surface area contributed by atoms with Crippen LogP contribution in [0.4, 0.5) is 0 Å². The van der Waals surface area contributed by atoms with Crippen molar-refractivity contribution in [1.82, 2.24) is 5.48 Å². The number of hydrogen-bond acceptors (Lipinski definition) is 3. The topological polar surface area (TPSA) is 41.5 Å². The monoisotopic (exact) mass is 271 g/mol. The molecule has 3 nitrogen and oxygen atoms in total. The molecule has 2 rings (SSSR count). The molecule has 1 aromatic rings. The third-order valence-corrected chi connectivity index (χ3v) is 3.25. The van der Waals surface area contributed by atoms with Crippen LogP contribution < -0.4 is 10.2 Å². The second-order valence-corrected chi connectivity index (χ2v) is 4.62. The highest BCUT2D eigenvalue weighted by Gasteiger charge is 2.19. The van der Waals surface area contributed by atoms with Crippen molar-refractivity contribution in [2.24, 2.45) is 0 Å². The molecule has 1 aliphatic carbocycles. The van der Waals surface area contributed by atoms with Crippen molar-refractivity contribution in [2.45, 2.75) is 31.9 Å². The summed E-state index contributed by atoms with van der Waals surface area (Å²) >= 11 is 3.46. The van der Waals surface area contributed by atoms with Crippen molar-refractivity contribution in [1.29, 1.82) is 0 Å². The van der Waals surface area contributed by atoms with Gasteiger partial charge in [0.25, 0.3) is 0 Å². The average molecular weight is 272 g/mol. The standard InChI is InChI=1S/C11H14BrNO2/c12-10-6-8(7-13-14)4-5-11(10)15-9-2-1-3-9/h4-6,9,13-14H,1-3,7H2. The van der Waals surface area contributed by atoms with Gasteiger partial charge in [-0.15, -0.1) is 0 Å². The van der Waals surface area contributed by atoms with E-state index in [0.717, 1.165) is 28.6 Å². The number of nitrogens with one attached hydrogen (secondary N) is 1. The van der Waals surface area contributed by atoms with Crippen molar-refractivity contribution in [3.63, 3.8) is 0 Å². The van der Waals surface area contributed by atoms with E-state index in [1.165, 1.54) is 6.42 Å². The average Bonchev–Trinajstić information content (AvgIpc) is 2.14. The Morgan fingerprint density at radius 2 is 2.27 bits per heavy atom. The lowest BCUT2D eigenvalue weighted by Crippen LogP contribution is -2.24. The van der Waals surface area contributed by atoms with Crippen LogP contribution in [0, 0.1) is 0 Å². The van der Waals surface area contributed by atoms with E-state index in [-0.39, 0.29) is 0 Å². The van der Waals surface area contributed by atoms with Crippen molar-refractivity contribution in [3.8, 4) is 5.75 Å². The zero-order chi connectivity index (χ0) is 10.7. The lowest BCUT2D eigenvalue weighted by Gasteiger charge is -2.27. The van der Waals surface area contributed by atoms with Gasteiger partial charge >= 0.3 is 0 Å². The van der Waals surface area contributed by atoms with E-state index >= 15 is 0 Å². The van der Waals surface area contributed by atoms with Crippen LogP contribution in [-0.2, 0) is 6.54 Å². The summed E-state index contributed by atoms with van der Waals surface area (Å²) in [5.74, 6) is 0.890. The summed E-state index contributed by atoms with van der Waals surface area (Å²) in [5, 5.41) is 8.58. The second-order valence-electron chi connectivity index (χ2n) is 3.77. The lowest BCUT2D eigenvalue weighted by atomic mass is 9.96. The largest absolute Gasteiger partial charge is 0.489 e. The van der Waals surface area contributed by atoms with Crippen LogP contribution >= 0.6 is 15.9 Å². The van der Waals surface area contributed by atoms with Crippen LogP contribution in [-0.4, -0.2) is 11.3 Å². The third-order valence-electron chi connectivity index (χ3n) is 2.63. The van der Waals surface area contributed by atoms with Gasteiger partial charge < -0.3 is 9.94 Å². The first-order chi connectivity index (χ1) is 7.29. The number of hydroxylamine groups is 1. The molecule has 2 N–H and O–H groups in total. The molecule has 1 aromatic carbocycles. The highest BCUT2D eigenvalue weighted by atomic mass is 79.9. The molecule has 0 amide bonds. The van der Waals surface area contributed by atoms with Crippen LogP contribution in [0.1, 0.15) is 24.8 Å². The normalized spacial score (nSPS) is 16.1. The van der Waals surface area contributed by atoms with Crippen LogP contribution in [0.15, 0.2) is 22.7 Å². The molecule has 0 unspecified atom stereocenters. The van der Waals surface area contributed by atoms with Gasteiger partial charge in [0.2, 0.25) is 0 Å². The fraction of sp³-hybridized carbons (Fsp3) is 0.455. The van der Waals surface area contributed by atoms with E-state index in [2.05, 4.69) is 21.4 Å². The van der Waals surface area contributed by atoms with E-state index in [1.807, 2.05) is 18.2 Å². The first-order valence-corrected chi connectivity index (χ1v) is 5.91. The molecule has 0 aromatic heterocycles. The third kappa shape index (κ3) is 2.71. The first-order valence-electron chi connectivity index (χ1n) is 5.11. The van der Waals surface area contributed by atoms with E-state index in [0.29, 0.717) is 12.6 Å². The summed E-state index contributed by atoms with van der Waals surface area (Å²) in [7, 11) is 0. The Bertz CT molecular complexity index is 339. The zero-order valence-electron chi connectivity index (χ0n) is 8.37.